The van der Waals surface area contributed by atoms with Crippen molar-refractivity contribution in [2.75, 3.05) is 5.32 Å². The number of hydrazone groups is 1. The maximum atomic E-state index is 13.6. The second-order valence-corrected chi connectivity index (χ2v) is 7.40. The van der Waals surface area contributed by atoms with Gasteiger partial charge in [0.25, 0.3) is 0 Å². The summed E-state index contributed by atoms with van der Waals surface area (Å²) >= 11 is 12.2. The van der Waals surface area contributed by atoms with E-state index in [1.807, 2.05) is 18.2 Å². The molecule has 0 heterocycles. The SMILES string of the molecule is O=C(CC(=O)Nc1ccccc1F)NN=Cc1cc(Cl)ccc1OCc1ccccc1Cl. The molecule has 0 saturated carbocycles. The second-order valence-electron chi connectivity index (χ2n) is 6.56. The molecule has 3 aromatic rings. The Balaban J connectivity index is 1.57. The molecule has 2 amide bonds. The summed E-state index contributed by atoms with van der Waals surface area (Å²) in [5, 5.41) is 7.21. The Morgan fingerprint density at radius 2 is 1.75 bits per heavy atom. The second kappa shape index (κ2) is 11.3. The summed E-state index contributed by atoms with van der Waals surface area (Å²) in [6.45, 7) is 0.227. The largest absolute Gasteiger partial charge is 0.488 e. The van der Waals surface area contributed by atoms with Crippen molar-refractivity contribution in [1.29, 1.82) is 0 Å². The van der Waals surface area contributed by atoms with Crippen LogP contribution in [-0.2, 0) is 16.2 Å². The first kappa shape index (κ1) is 23.2. The van der Waals surface area contributed by atoms with E-state index >= 15 is 0 Å². The van der Waals surface area contributed by atoms with Crippen molar-refractivity contribution < 1.29 is 18.7 Å². The van der Waals surface area contributed by atoms with E-state index in [0.717, 1.165) is 5.56 Å². The summed E-state index contributed by atoms with van der Waals surface area (Å²) in [5.74, 6) is -1.46. The summed E-state index contributed by atoms with van der Waals surface area (Å²) in [4.78, 5) is 23.9. The predicted molar refractivity (Wildman–Crippen MR) is 123 cm³/mol. The fourth-order valence-electron chi connectivity index (χ4n) is 2.64. The molecular formula is C23H18Cl2FN3O3. The lowest BCUT2D eigenvalue weighted by Crippen LogP contribution is -2.25. The molecule has 164 valence electrons. The first-order chi connectivity index (χ1) is 15.4. The van der Waals surface area contributed by atoms with E-state index in [2.05, 4.69) is 15.8 Å². The Hall–Kier alpha value is -3.42. The lowest BCUT2D eigenvalue weighted by molar-refractivity contribution is -0.126. The molecule has 3 rings (SSSR count). The van der Waals surface area contributed by atoms with E-state index in [1.54, 1.807) is 30.3 Å². The van der Waals surface area contributed by atoms with Gasteiger partial charge in [0.2, 0.25) is 11.8 Å². The van der Waals surface area contributed by atoms with Crippen LogP contribution >= 0.6 is 23.2 Å². The van der Waals surface area contributed by atoms with E-state index in [1.165, 1.54) is 24.4 Å². The summed E-state index contributed by atoms with van der Waals surface area (Å²) in [7, 11) is 0. The highest BCUT2D eigenvalue weighted by molar-refractivity contribution is 6.31. The minimum atomic E-state index is -0.672. The van der Waals surface area contributed by atoms with Crippen molar-refractivity contribution in [2.24, 2.45) is 5.10 Å². The standard InChI is InChI=1S/C23H18Cl2FN3O3/c24-17-9-10-21(32-14-15-5-1-2-6-18(15)25)16(11-17)13-27-29-23(31)12-22(30)28-20-8-4-3-7-19(20)26/h1-11,13H,12,14H2,(H,28,30)(H,29,31). The molecule has 0 radical (unpaired) electrons. The van der Waals surface area contributed by atoms with Crippen LogP contribution in [0, 0.1) is 5.82 Å². The van der Waals surface area contributed by atoms with Gasteiger partial charge in [-0.15, -0.1) is 0 Å². The van der Waals surface area contributed by atoms with Gasteiger partial charge in [0.05, 0.1) is 11.9 Å². The quantitative estimate of drug-likeness (QED) is 0.268. The van der Waals surface area contributed by atoms with Crippen molar-refractivity contribution in [1.82, 2.24) is 5.43 Å². The van der Waals surface area contributed by atoms with E-state index in [4.69, 9.17) is 27.9 Å². The molecule has 0 fully saturated rings. The van der Waals surface area contributed by atoms with Crippen LogP contribution in [-0.4, -0.2) is 18.0 Å². The minimum absolute atomic E-state index is 0.00645. The van der Waals surface area contributed by atoms with Crippen molar-refractivity contribution in [3.63, 3.8) is 0 Å². The van der Waals surface area contributed by atoms with Crippen LogP contribution in [0.2, 0.25) is 10.0 Å². The molecule has 0 aliphatic heterocycles. The number of amides is 2. The number of nitrogens with one attached hydrogen (secondary N) is 2. The van der Waals surface area contributed by atoms with Gasteiger partial charge >= 0.3 is 0 Å². The van der Waals surface area contributed by atoms with Crippen LogP contribution in [0.15, 0.2) is 71.8 Å². The molecule has 2 N–H and O–H groups in total. The van der Waals surface area contributed by atoms with E-state index in [9.17, 15) is 14.0 Å². The van der Waals surface area contributed by atoms with Crippen LogP contribution in [0.3, 0.4) is 0 Å². The van der Waals surface area contributed by atoms with Gasteiger partial charge in [0.1, 0.15) is 24.6 Å². The Morgan fingerprint density at radius 1 is 1.00 bits per heavy atom. The third-order valence-electron chi connectivity index (χ3n) is 4.17. The molecule has 3 aromatic carbocycles. The molecular weight excluding hydrogens is 456 g/mol. The Labute approximate surface area is 194 Å². The van der Waals surface area contributed by atoms with E-state index < -0.39 is 24.1 Å². The van der Waals surface area contributed by atoms with Crippen molar-refractivity contribution in [2.45, 2.75) is 13.0 Å². The van der Waals surface area contributed by atoms with Gasteiger partial charge in [-0.05, 0) is 36.4 Å². The normalized spacial score (nSPS) is 10.7. The van der Waals surface area contributed by atoms with Crippen LogP contribution in [0.25, 0.3) is 0 Å². The number of benzene rings is 3. The fourth-order valence-corrected chi connectivity index (χ4v) is 3.01. The van der Waals surface area contributed by atoms with Gasteiger partial charge in [0.15, 0.2) is 0 Å². The van der Waals surface area contributed by atoms with Crippen molar-refractivity contribution in [3.8, 4) is 5.75 Å². The molecule has 0 spiro atoms. The molecule has 0 atom stereocenters. The van der Waals surface area contributed by atoms with E-state index in [0.29, 0.717) is 21.4 Å². The monoisotopic (exact) mass is 473 g/mol. The summed E-state index contributed by atoms with van der Waals surface area (Å²) in [5.41, 5.74) is 3.56. The third-order valence-corrected chi connectivity index (χ3v) is 4.78. The number of rotatable bonds is 8. The van der Waals surface area contributed by atoms with Gasteiger partial charge in [0, 0.05) is 21.2 Å². The van der Waals surface area contributed by atoms with Gasteiger partial charge in [-0.2, -0.15) is 5.10 Å². The molecule has 0 unspecified atom stereocenters. The highest BCUT2D eigenvalue weighted by Gasteiger charge is 2.11. The predicted octanol–water partition coefficient (Wildman–Crippen LogP) is 5.19. The van der Waals surface area contributed by atoms with Crippen LogP contribution in [0.5, 0.6) is 5.75 Å². The molecule has 0 aliphatic rings. The number of nitrogens with zero attached hydrogens (tertiary/aromatic N) is 1. The lowest BCUT2D eigenvalue weighted by Gasteiger charge is -2.10. The summed E-state index contributed by atoms with van der Waals surface area (Å²) in [6, 6.07) is 17.9. The number of hydrogen-bond acceptors (Lipinski definition) is 4. The van der Waals surface area contributed by atoms with Gasteiger partial charge in [-0.3, -0.25) is 9.59 Å². The first-order valence-corrected chi connectivity index (χ1v) is 10.2. The maximum Gasteiger partial charge on any atom is 0.249 e. The van der Waals surface area contributed by atoms with Crippen LogP contribution in [0.4, 0.5) is 10.1 Å². The Morgan fingerprint density at radius 3 is 2.53 bits per heavy atom. The number of carbonyl (C=O) groups is 2. The number of anilines is 1. The number of halogens is 3. The summed E-state index contributed by atoms with van der Waals surface area (Å²) in [6.07, 6.45) is 0.817. The average molecular weight is 474 g/mol. The van der Waals surface area contributed by atoms with Gasteiger partial charge in [-0.25, -0.2) is 9.82 Å². The first-order valence-electron chi connectivity index (χ1n) is 9.44. The minimum Gasteiger partial charge on any atom is -0.488 e. The van der Waals surface area contributed by atoms with Crippen LogP contribution < -0.4 is 15.5 Å². The fraction of sp³-hybridized carbons (Fsp3) is 0.0870. The number of carbonyl (C=O) groups excluding carboxylic acids is 2. The third kappa shape index (κ3) is 6.80. The molecule has 0 saturated heterocycles. The van der Waals surface area contributed by atoms with E-state index in [-0.39, 0.29) is 12.3 Å². The van der Waals surface area contributed by atoms with Crippen molar-refractivity contribution >= 4 is 46.9 Å². The molecule has 6 nitrogen and oxygen atoms in total. The average Bonchev–Trinajstić information content (AvgIpc) is 2.76. The number of para-hydroxylation sites is 1. The summed E-state index contributed by atoms with van der Waals surface area (Å²) < 4.78 is 19.4. The number of hydrogen-bond donors (Lipinski definition) is 2. The molecule has 9 heteroatoms. The molecule has 0 bridgehead atoms. The molecule has 0 aliphatic carbocycles. The highest BCUT2D eigenvalue weighted by Crippen LogP contribution is 2.24. The van der Waals surface area contributed by atoms with Crippen molar-refractivity contribution in [3.05, 3.63) is 93.7 Å². The van der Waals surface area contributed by atoms with Crippen LogP contribution in [0.1, 0.15) is 17.5 Å². The van der Waals surface area contributed by atoms with Gasteiger partial charge in [-0.1, -0.05) is 53.5 Å². The zero-order valence-electron chi connectivity index (χ0n) is 16.6. The maximum absolute atomic E-state index is 13.6. The topological polar surface area (TPSA) is 79.8 Å². The Kier molecular flexibility index (Phi) is 8.19. The Bertz CT molecular complexity index is 1150. The lowest BCUT2D eigenvalue weighted by atomic mass is 10.2. The zero-order chi connectivity index (χ0) is 22.9. The molecule has 32 heavy (non-hydrogen) atoms. The smallest absolute Gasteiger partial charge is 0.249 e. The highest BCUT2D eigenvalue weighted by atomic mass is 35.5. The molecule has 0 aromatic heterocycles. The van der Waals surface area contributed by atoms with Gasteiger partial charge < -0.3 is 10.1 Å². The number of ether oxygens (including phenoxy) is 1. The zero-order valence-corrected chi connectivity index (χ0v) is 18.2.